The Bertz CT molecular complexity index is 1700. The third-order valence-electron chi connectivity index (χ3n) is 15.8. The fraction of sp³-hybridized carbons (Fsp3) is 0.694. The minimum atomic E-state index is -0.146. The second-order valence-electron chi connectivity index (χ2n) is 21.8. The van der Waals surface area contributed by atoms with Gasteiger partial charge in [0.25, 0.3) is 0 Å². The lowest BCUT2D eigenvalue weighted by Gasteiger charge is -2.55. The minimum Gasteiger partial charge on any atom is -0.241 e. The zero-order valence-electron chi connectivity index (χ0n) is 43.9. The number of nitrogens with one attached hydrogen (secondary N) is 1. The smallest absolute Gasteiger partial charge is 0.0400 e. The van der Waals surface area contributed by atoms with E-state index in [1.165, 1.54) is 140 Å². The summed E-state index contributed by atoms with van der Waals surface area (Å²) in [6, 6.07) is 12.0. The van der Waals surface area contributed by atoms with Gasteiger partial charge in [-0.25, -0.2) is 10.4 Å². The highest BCUT2D eigenvalue weighted by atomic mass is 15.8. The highest BCUT2D eigenvalue weighted by molar-refractivity contribution is 5.53. The molecule has 1 N–H and O–H groups in total. The Kier molecular flexibility index (Phi) is 23.7. The van der Waals surface area contributed by atoms with Gasteiger partial charge in [0, 0.05) is 42.4 Å². The van der Waals surface area contributed by atoms with E-state index >= 15 is 0 Å². The Morgan fingerprint density at radius 1 is 0.662 bits per heavy atom. The topological polar surface area (TPSA) is 18.5 Å². The number of nitrogens with zero attached hydrogens (tertiary/aromatic N) is 2. The Labute approximate surface area is 403 Å². The van der Waals surface area contributed by atoms with Crippen LogP contribution in [0, 0.1) is 29.1 Å². The Hall–Kier alpha value is -2.46. The van der Waals surface area contributed by atoms with Crippen LogP contribution in [0.3, 0.4) is 0 Å². The predicted octanol–water partition coefficient (Wildman–Crippen LogP) is 18.3. The van der Waals surface area contributed by atoms with Crippen LogP contribution >= 0.6 is 0 Å². The summed E-state index contributed by atoms with van der Waals surface area (Å²) in [6.45, 7) is 24.0. The summed E-state index contributed by atoms with van der Waals surface area (Å²) in [5.41, 5.74) is 15.7. The molecular weight excluding hydrogens is 787 g/mol. The second-order valence-corrected chi connectivity index (χ2v) is 21.8. The maximum Gasteiger partial charge on any atom is 0.0400 e. The van der Waals surface area contributed by atoms with Gasteiger partial charge in [-0.2, -0.15) is 5.12 Å². The van der Waals surface area contributed by atoms with Crippen LogP contribution in [0.25, 0.3) is 0 Å². The van der Waals surface area contributed by atoms with Crippen LogP contribution in [0.2, 0.25) is 0 Å². The van der Waals surface area contributed by atoms with E-state index in [1.54, 1.807) is 33.4 Å². The summed E-state index contributed by atoms with van der Waals surface area (Å²) >= 11 is 0. The zero-order valence-corrected chi connectivity index (χ0v) is 43.9. The van der Waals surface area contributed by atoms with E-state index < -0.39 is 0 Å². The highest BCUT2D eigenvalue weighted by Gasteiger charge is 2.53. The highest BCUT2D eigenvalue weighted by Crippen LogP contribution is 2.61. The van der Waals surface area contributed by atoms with Crippen molar-refractivity contribution >= 4 is 0 Å². The Balaban J connectivity index is 1.83. The summed E-state index contributed by atoms with van der Waals surface area (Å²) in [7, 11) is 0. The van der Waals surface area contributed by atoms with Crippen LogP contribution in [0.4, 0.5) is 0 Å². The average Bonchev–Trinajstić information content (AvgIpc) is 4.09. The summed E-state index contributed by atoms with van der Waals surface area (Å²) in [4.78, 5) is 0. The summed E-state index contributed by atoms with van der Waals surface area (Å²) in [5, 5.41) is 5.48. The lowest BCUT2D eigenvalue weighted by molar-refractivity contribution is -0.135. The number of hydrogen-bond acceptors (Lipinski definition) is 3. The molecule has 0 aliphatic heterocycles. The molecule has 1 aromatic rings. The first-order valence-corrected chi connectivity index (χ1v) is 28.0. The van der Waals surface area contributed by atoms with Gasteiger partial charge in [-0.05, 0) is 119 Å². The molecule has 363 valence electrons. The fourth-order valence-electron chi connectivity index (χ4n) is 12.4. The molecular formula is C62H100N3. The van der Waals surface area contributed by atoms with Crippen LogP contribution in [0.5, 0.6) is 0 Å². The second kappa shape index (κ2) is 28.8. The molecule has 3 nitrogen and oxygen atoms in total. The first-order chi connectivity index (χ1) is 31.7. The van der Waals surface area contributed by atoms with Gasteiger partial charge in [-0.3, -0.25) is 0 Å². The SMILES string of the molecule is CCCCCCCCC1=C(C(C)([C](CCCCCC)C(CC(C)C)N(Cc2ccccc2)N(NCCC)C(C)C)C(C2=C(CCCC)C=CC2)C2=C(CC3CCCCC3)C=CC2)CC=C1. The van der Waals surface area contributed by atoms with Crippen LogP contribution in [-0.4, -0.2) is 28.8 Å². The van der Waals surface area contributed by atoms with Crippen molar-refractivity contribution in [2.45, 2.75) is 248 Å². The maximum atomic E-state index is 4.06. The molecule has 0 saturated heterocycles. The number of benzene rings is 1. The normalized spacial score (nSPS) is 19.0. The summed E-state index contributed by atoms with van der Waals surface area (Å²) < 4.78 is 0. The number of unbranched alkanes of at least 4 members (excludes halogenated alkanes) is 9. The first kappa shape index (κ1) is 53.5. The molecule has 1 aromatic carbocycles. The van der Waals surface area contributed by atoms with Crippen molar-refractivity contribution in [2.75, 3.05) is 6.54 Å². The third kappa shape index (κ3) is 15.3. The molecule has 4 aliphatic rings. The van der Waals surface area contributed by atoms with Gasteiger partial charge < -0.3 is 0 Å². The van der Waals surface area contributed by atoms with E-state index in [9.17, 15) is 0 Å². The van der Waals surface area contributed by atoms with Crippen LogP contribution in [-0.2, 0) is 6.54 Å². The summed E-state index contributed by atoms with van der Waals surface area (Å²) in [6.07, 6.45) is 48.9. The van der Waals surface area contributed by atoms with E-state index in [4.69, 9.17) is 0 Å². The molecule has 0 heterocycles. The molecule has 5 rings (SSSR count). The van der Waals surface area contributed by atoms with Crippen LogP contribution in [0.15, 0.2) is 100 Å². The third-order valence-corrected chi connectivity index (χ3v) is 15.8. The molecule has 0 amide bonds. The van der Waals surface area contributed by atoms with Gasteiger partial charge in [-0.15, -0.1) is 0 Å². The number of rotatable bonds is 33. The molecule has 0 spiro atoms. The lowest BCUT2D eigenvalue weighted by Crippen LogP contribution is -2.61. The van der Waals surface area contributed by atoms with E-state index in [0.29, 0.717) is 17.9 Å². The van der Waals surface area contributed by atoms with Gasteiger partial charge in [0.05, 0.1) is 0 Å². The molecule has 3 unspecified atom stereocenters. The van der Waals surface area contributed by atoms with E-state index in [-0.39, 0.29) is 11.5 Å². The van der Waals surface area contributed by atoms with E-state index in [2.05, 4.69) is 145 Å². The van der Waals surface area contributed by atoms with Crippen molar-refractivity contribution in [3.8, 4) is 0 Å². The Morgan fingerprint density at radius 3 is 1.92 bits per heavy atom. The van der Waals surface area contributed by atoms with Gasteiger partial charge in [0.1, 0.15) is 0 Å². The fourth-order valence-corrected chi connectivity index (χ4v) is 12.4. The van der Waals surface area contributed by atoms with Gasteiger partial charge >= 0.3 is 0 Å². The number of hydrogen-bond donors (Lipinski definition) is 1. The van der Waals surface area contributed by atoms with Crippen molar-refractivity contribution in [3.05, 3.63) is 112 Å². The molecule has 65 heavy (non-hydrogen) atoms. The van der Waals surface area contributed by atoms with Gasteiger partial charge in [0.2, 0.25) is 0 Å². The van der Waals surface area contributed by atoms with E-state index in [1.807, 2.05) is 5.92 Å². The van der Waals surface area contributed by atoms with Crippen LogP contribution in [0.1, 0.15) is 235 Å². The molecule has 0 bridgehead atoms. The van der Waals surface area contributed by atoms with Gasteiger partial charge in [0.15, 0.2) is 0 Å². The standard InChI is InChI=1S/C62H100N3/c1-10-14-17-19-20-27-37-54-39-31-44-58(54)62(9,61(56-41-29-38-53(56)36-16-12-3)57-42-30-40-55(57)47-51-32-23-21-24-33-51)59(43-28-18-15-11-2)60(46-49(5)6)64(48-52-34-25-22-26-35-52)65(50(7)8)63-45-13-4/h22,25-26,29-31,34-35,38-40,49-51,60-61,63H,10-21,23-24,27-28,32-33,36-37,41-48H2,1-9H3. The lowest BCUT2D eigenvalue weighted by atomic mass is 9.53. The molecule has 4 aliphatic carbocycles. The molecule has 1 saturated carbocycles. The quantitative estimate of drug-likeness (QED) is 0.0560. The van der Waals surface area contributed by atoms with Crippen molar-refractivity contribution in [3.63, 3.8) is 0 Å². The van der Waals surface area contributed by atoms with Crippen molar-refractivity contribution in [1.82, 2.24) is 15.6 Å². The molecule has 1 radical (unpaired) electrons. The van der Waals surface area contributed by atoms with Crippen LogP contribution < -0.4 is 5.43 Å². The maximum absolute atomic E-state index is 4.06. The molecule has 0 aromatic heterocycles. The Morgan fingerprint density at radius 2 is 1.26 bits per heavy atom. The number of hydrazine groups is 2. The van der Waals surface area contributed by atoms with E-state index in [0.717, 1.165) is 51.1 Å². The zero-order chi connectivity index (χ0) is 46.4. The largest absolute Gasteiger partial charge is 0.241 e. The average molecular weight is 888 g/mol. The first-order valence-electron chi connectivity index (χ1n) is 28.0. The minimum absolute atomic E-state index is 0.146. The van der Waals surface area contributed by atoms with Gasteiger partial charge in [-0.1, -0.05) is 228 Å². The van der Waals surface area contributed by atoms with Crippen molar-refractivity contribution < 1.29 is 0 Å². The molecule has 3 heteroatoms. The molecule has 1 fully saturated rings. The van der Waals surface area contributed by atoms with Crippen molar-refractivity contribution in [1.29, 1.82) is 0 Å². The summed E-state index contributed by atoms with van der Waals surface area (Å²) in [5.74, 6) is 3.56. The van der Waals surface area contributed by atoms with Crippen molar-refractivity contribution in [2.24, 2.45) is 23.2 Å². The number of allylic oxidation sites excluding steroid dienone is 12. The molecule has 3 atom stereocenters. The predicted molar refractivity (Wildman–Crippen MR) is 285 cm³/mol. The monoisotopic (exact) mass is 887 g/mol.